The molecule has 0 spiro atoms. The van der Waals surface area contributed by atoms with Crippen molar-refractivity contribution in [2.45, 2.75) is 19.2 Å². The summed E-state index contributed by atoms with van der Waals surface area (Å²) in [5, 5.41) is 8.06. The number of aromatic amines is 1. The van der Waals surface area contributed by atoms with E-state index in [4.69, 9.17) is 25.7 Å². The number of anilines is 2. The Morgan fingerprint density at radius 1 is 1.19 bits per heavy atom. The second-order valence-corrected chi connectivity index (χ2v) is 8.62. The number of pyridine rings is 1. The number of nitrogens with one attached hydrogen (secondary N) is 2. The largest absolute Gasteiger partial charge is 0.493 e. The molecule has 4 heterocycles. The Hall–Kier alpha value is -4.84. The van der Waals surface area contributed by atoms with E-state index in [1.807, 2.05) is 30.3 Å². The van der Waals surface area contributed by atoms with Gasteiger partial charge in [-0.2, -0.15) is 4.68 Å². The third kappa shape index (κ3) is 4.02. The van der Waals surface area contributed by atoms with Crippen molar-refractivity contribution in [2.75, 3.05) is 25.0 Å². The van der Waals surface area contributed by atoms with Gasteiger partial charge in [0.25, 0.3) is 0 Å². The minimum Gasteiger partial charge on any atom is -0.493 e. The van der Waals surface area contributed by atoms with Crippen LogP contribution in [0.3, 0.4) is 0 Å². The van der Waals surface area contributed by atoms with Gasteiger partial charge in [-0.25, -0.2) is 9.78 Å². The number of nitrogen functional groups attached to an aromatic ring is 1. The topological polar surface area (TPSA) is 168 Å². The number of fused-ring (bicyclic) bond motifs is 2. The maximum absolute atomic E-state index is 13.0. The Kier molecular flexibility index (Phi) is 5.49. The lowest BCUT2D eigenvalue weighted by atomic mass is 10.0. The summed E-state index contributed by atoms with van der Waals surface area (Å²) in [5.41, 5.74) is 16.2. The van der Waals surface area contributed by atoms with Gasteiger partial charge in [-0.1, -0.05) is 0 Å². The summed E-state index contributed by atoms with van der Waals surface area (Å²) in [6.07, 6.45) is 1.55. The van der Waals surface area contributed by atoms with Crippen LogP contribution in [0.5, 0.6) is 11.5 Å². The number of rotatable bonds is 6. The predicted octanol–water partition coefficient (Wildman–Crippen LogP) is 1.83. The summed E-state index contributed by atoms with van der Waals surface area (Å²) >= 11 is 0. The molecule has 12 nitrogen and oxygen atoms in total. The first-order valence-corrected chi connectivity index (χ1v) is 11.5. The molecule has 6 N–H and O–H groups in total. The third-order valence-corrected chi connectivity index (χ3v) is 6.29. The maximum Gasteiger partial charge on any atom is 0.349 e. The molecule has 2 aliphatic rings. The first-order chi connectivity index (χ1) is 18.0. The van der Waals surface area contributed by atoms with Gasteiger partial charge in [-0.05, 0) is 53.6 Å². The Morgan fingerprint density at radius 2 is 2.08 bits per heavy atom. The molecular weight excluding hydrogens is 476 g/mol. The number of hydrogen-bond donors (Lipinski definition) is 4. The van der Waals surface area contributed by atoms with Gasteiger partial charge in [0.05, 0.1) is 25.9 Å². The van der Waals surface area contributed by atoms with Gasteiger partial charge in [-0.15, -0.1) is 5.10 Å². The molecule has 1 atom stereocenters. The number of amidine groups is 1. The predicted molar refractivity (Wildman–Crippen MR) is 136 cm³/mol. The lowest BCUT2D eigenvalue weighted by molar-refractivity contribution is -0.0180. The van der Waals surface area contributed by atoms with Gasteiger partial charge in [0.1, 0.15) is 11.9 Å². The van der Waals surface area contributed by atoms with Crippen molar-refractivity contribution < 1.29 is 14.2 Å². The lowest BCUT2D eigenvalue weighted by Crippen LogP contribution is -2.18. The highest BCUT2D eigenvalue weighted by molar-refractivity contribution is 6.01. The van der Waals surface area contributed by atoms with E-state index in [2.05, 4.69) is 25.4 Å². The molecule has 0 aliphatic carbocycles. The van der Waals surface area contributed by atoms with Crippen molar-refractivity contribution in [3.8, 4) is 17.3 Å². The van der Waals surface area contributed by atoms with Crippen molar-refractivity contribution in [2.24, 2.45) is 10.7 Å². The molecule has 0 amide bonds. The Bertz CT molecular complexity index is 1570. The first-order valence-electron chi connectivity index (χ1n) is 11.5. The van der Waals surface area contributed by atoms with Gasteiger partial charge in [0.15, 0.2) is 29.9 Å². The lowest BCUT2D eigenvalue weighted by Gasteiger charge is -2.24. The fourth-order valence-electron chi connectivity index (χ4n) is 4.52. The summed E-state index contributed by atoms with van der Waals surface area (Å²) in [4.78, 5) is 24.3. The molecule has 0 bridgehead atoms. The molecule has 0 saturated carbocycles. The van der Waals surface area contributed by atoms with Crippen LogP contribution in [0.2, 0.25) is 0 Å². The molecular formula is C25H24N8O4. The third-order valence-electron chi connectivity index (χ3n) is 6.29. The van der Waals surface area contributed by atoms with Crippen LogP contribution in [0.15, 0.2) is 58.4 Å². The number of nitrogens with two attached hydrogens (primary N) is 2. The number of benzene rings is 2. The quantitative estimate of drug-likeness (QED) is 0.309. The number of ether oxygens (including phenoxy) is 3. The van der Waals surface area contributed by atoms with Gasteiger partial charge in [0.2, 0.25) is 0 Å². The highest BCUT2D eigenvalue weighted by Gasteiger charge is 2.26. The number of nitrogens with zero attached hydrogens (tertiary/aromatic N) is 4. The normalized spacial score (nSPS) is 14.8. The summed E-state index contributed by atoms with van der Waals surface area (Å²) in [7, 11) is 1.58. The maximum atomic E-state index is 13.0. The van der Waals surface area contributed by atoms with Crippen LogP contribution in [-0.4, -0.2) is 39.5 Å². The van der Waals surface area contributed by atoms with Gasteiger partial charge < -0.3 is 31.0 Å². The Labute approximate surface area is 210 Å². The molecule has 4 aromatic rings. The minimum atomic E-state index is -0.585. The highest BCUT2D eigenvalue weighted by atomic mass is 16.7. The van der Waals surface area contributed by atoms with E-state index in [0.29, 0.717) is 42.0 Å². The molecule has 1 unspecified atom stereocenters. The first kappa shape index (κ1) is 22.6. The number of H-pyrrole nitrogens is 1. The van der Waals surface area contributed by atoms with Gasteiger partial charge >= 0.3 is 5.69 Å². The van der Waals surface area contributed by atoms with Crippen LogP contribution in [0.25, 0.3) is 5.82 Å². The standard InChI is InChI=1S/C25H24N8O4/c1-35-19-9-13(7-15-11-36-12-37-21(15)19)20(30-16-4-5-17-14(8-16)10-29-22(17)27)23-31-25(34)33(32-23)24-18(26)3-2-6-28-24/h2-9,20,30H,10-12,26H2,1H3,(H2,27,29)(H,31,32,34). The van der Waals surface area contributed by atoms with E-state index in [1.54, 1.807) is 25.4 Å². The molecule has 0 radical (unpaired) electrons. The summed E-state index contributed by atoms with van der Waals surface area (Å²) in [5.74, 6) is 2.29. The summed E-state index contributed by atoms with van der Waals surface area (Å²) in [6.45, 7) is 1.01. The summed E-state index contributed by atoms with van der Waals surface area (Å²) in [6, 6.07) is 12.4. The zero-order chi connectivity index (χ0) is 25.5. The van der Waals surface area contributed by atoms with E-state index in [0.717, 1.165) is 32.6 Å². The molecule has 12 heteroatoms. The molecule has 2 aromatic carbocycles. The van der Waals surface area contributed by atoms with E-state index in [9.17, 15) is 4.79 Å². The molecule has 6 rings (SSSR count). The molecule has 2 aromatic heterocycles. The van der Waals surface area contributed by atoms with Crippen molar-refractivity contribution in [1.29, 1.82) is 0 Å². The van der Waals surface area contributed by atoms with E-state index < -0.39 is 11.7 Å². The minimum absolute atomic E-state index is 0.147. The van der Waals surface area contributed by atoms with Crippen molar-refractivity contribution in [1.82, 2.24) is 19.7 Å². The molecule has 0 fully saturated rings. The second kappa shape index (κ2) is 8.99. The number of aliphatic imine (C=N–C) groups is 1. The molecule has 0 saturated heterocycles. The zero-order valence-corrected chi connectivity index (χ0v) is 19.9. The fourth-order valence-corrected chi connectivity index (χ4v) is 4.52. The van der Waals surface area contributed by atoms with Crippen LogP contribution < -0.4 is 31.9 Å². The van der Waals surface area contributed by atoms with Crippen molar-refractivity contribution in [3.05, 3.63) is 87.2 Å². The van der Waals surface area contributed by atoms with E-state index in [-0.39, 0.29) is 12.6 Å². The smallest absolute Gasteiger partial charge is 0.349 e. The second-order valence-electron chi connectivity index (χ2n) is 8.62. The average molecular weight is 501 g/mol. The van der Waals surface area contributed by atoms with E-state index in [1.165, 1.54) is 0 Å². The number of methoxy groups -OCH3 is 1. The Morgan fingerprint density at radius 3 is 2.92 bits per heavy atom. The van der Waals surface area contributed by atoms with Gasteiger partial charge in [-0.3, -0.25) is 9.98 Å². The van der Waals surface area contributed by atoms with Crippen molar-refractivity contribution in [3.63, 3.8) is 0 Å². The van der Waals surface area contributed by atoms with E-state index >= 15 is 0 Å². The van der Waals surface area contributed by atoms with Crippen LogP contribution in [0.1, 0.15) is 34.1 Å². The van der Waals surface area contributed by atoms with Crippen LogP contribution >= 0.6 is 0 Å². The fraction of sp³-hybridized carbons (Fsp3) is 0.200. The van der Waals surface area contributed by atoms with Crippen LogP contribution in [0.4, 0.5) is 11.4 Å². The monoisotopic (exact) mass is 500 g/mol. The summed E-state index contributed by atoms with van der Waals surface area (Å²) < 4.78 is 17.9. The Balaban J connectivity index is 1.46. The molecule has 37 heavy (non-hydrogen) atoms. The zero-order valence-electron chi connectivity index (χ0n) is 19.9. The SMILES string of the molecule is COc1cc(C(Nc2ccc3c(c2)CN=C3N)c2nn(-c3ncccc3N)c(=O)[nH]2)cc2c1OCOC2. The number of aromatic nitrogens is 4. The number of hydrogen-bond acceptors (Lipinski definition) is 10. The van der Waals surface area contributed by atoms with Crippen molar-refractivity contribution >= 4 is 17.2 Å². The van der Waals surface area contributed by atoms with Gasteiger partial charge in [0, 0.05) is 23.0 Å². The highest BCUT2D eigenvalue weighted by Crippen LogP contribution is 2.39. The van der Waals surface area contributed by atoms with Crippen LogP contribution in [-0.2, 0) is 17.9 Å². The molecule has 2 aliphatic heterocycles. The van der Waals surface area contributed by atoms with Crippen LogP contribution in [0, 0.1) is 0 Å². The molecule has 188 valence electrons. The average Bonchev–Trinajstić information content (AvgIpc) is 3.48.